The van der Waals surface area contributed by atoms with Gasteiger partial charge < -0.3 is 25.4 Å². The number of anilines is 1. The van der Waals surface area contributed by atoms with Crippen molar-refractivity contribution in [1.82, 2.24) is 4.90 Å². The van der Waals surface area contributed by atoms with E-state index in [1.807, 2.05) is 49.5 Å². The highest BCUT2D eigenvalue weighted by atomic mass is 32.2. The number of carbonyl (C=O) groups excluding carboxylic acids is 1. The number of nitrogens with one attached hydrogen (secondary N) is 1. The van der Waals surface area contributed by atoms with Crippen molar-refractivity contribution < 1.29 is 14.3 Å². The van der Waals surface area contributed by atoms with Crippen LogP contribution in [-0.2, 0) is 4.79 Å². The normalized spacial score (nSPS) is 15.9. The van der Waals surface area contributed by atoms with Crippen LogP contribution in [-0.4, -0.2) is 51.2 Å². The first-order valence-corrected chi connectivity index (χ1v) is 10.3. The zero-order chi connectivity index (χ0) is 19.9. The van der Waals surface area contributed by atoms with Gasteiger partial charge in [0.1, 0.15) is 16.7 Å². The van der Waals surface area contributed by atoms with Crippen LogP contribution in [0, 0.1) is 0 Å². The summed E-state index contributed by atoms with van der Waals surface area (Å²) in [6.07, 6.45) is 0.884. The van der Waals surface area contributed by atoms with E-state index in [4.69, 9.17) is 15.2 Å². The molecule has 2 aromatic rings. The van der Waals surface area contributed by atoms with Crippen LogP contribution < -0.4 is 20.5 Å². The molecule has 2 aromatic carbocycles. The van der Waals surface area contributed by atoms with Gasteiger partial charge in [-0.15, -0.1) is 11.8 Å². The van der Waals surface area contributed by atoms with Crippen LogP contribution in [0.25, 0.3) is 0 Å². The molecule has 7 heteroatoms. The van der Waals surface area contributed by atoms with Gasteiger partial charge in [0.2, 0.25) is 5.91 Å². The average molecular weight is 402 g/mol. The minimum atomic E-state index is -0.389. The van der Waals surface area contributed by atoms with Crippen LogP contribution in [0.1, 0.15) is 17.2 Å². The number of methoxy groups -OCH3 is 1. The molecule has 1 atom stereocenters. The summed E-state index contributed by atoms with van der Waals surface area (Å²) >= 11 is 1.53. The Balaban J connectivity index is 1.75. The second kappa shape index (κ2) is 9.82. The summed E-state index contributed by atoms with van der Waals surface area (Å²) in [4.78, 5) is 16.0. The molecule has 0 saturated heterocycles. The average Bonchev–Trinajstić information content (AvgIpc) is 2.71. The van der Waals surface area contributed by atoms with Crippen molar-refractivity contribution >= 4 is 23.4 Å². The molecule has 1 aliphatic heterocycles. The Morgan fingerprint density at radius 1 is 1.21 bits per heavy atom. The van der Waals surface area contributed by atoms with E-state index in [9.17, 15) is 4.79 Å². The first-order chi connectivity index (χ1) is 13.6. The van der Waals surface area contributed by atoms with Gasteiger partial charge in [0.05, 0.1) is 19.4 Å². The lowest BCUT2D eigenvalue weighted by molar-refractivity contribution is -0.115. The lowest BCUT2D eigenvalue weighted by Crippen LogP contribution is -2.27. The fourth-order valence-electron chi connectivity index (χ4n) is 3.09. The summed E-state index contributed by atoms with van der Waals surface area (Å²) in [5, 5.41) is 2.61. The third-order valence-electron chi connectivity index (χ3n) is 4.58. The van der Waals surface area contributed by atoms with Crippen LogP contribution >= 0.6 is 11.8 Å². The number of nitrogens with two attached hydrogens (primary N) is 1. The lowest BCUT2D eigenvalue weighted by atomic mass is 10.1. The van der Waals surface area contributed by atoms with Gasteiger partial charge in [-0.05, 0) is 43.8 Å². The number of fused-ring (bicyclic) bond motifs is 1. The fraction of sp³-hybridized carbons (Fsp3) is 0.381. The first-order valence-electron chi connectivity index (χ1n) is 9.38. The van der Waals surface area contributed by atoms with E-state index in [1.54, 1.807) is 7.11 Å². The monoisotopic (exact) mass is 401 g/mol. The standard InChI is InChI=1S/C21H27N3O3S/c1-24(12-10-22)11-5-13-27-18-9-8-15(26-2)14-16(18)20-21(25)23-17-6-3-4-7-19(17)28-20/h3-4,6-9,14,20H,5,10-13,22H2,1-2H3,(H,23,25). The number of hydrogen-bond acceptors (Lipinski definition) is 6. The van der Waals surface area contributed by atoms with E-state index in [0.717, 1.165) is 35.7 Å². The van der Waals surface area contributed by atoms with Crippen LogP contribution in [0.5, 0.6) is 11.5 Å². The number of thioether (sulfide) groups is 1. The predicted molar refractivity (Wildman–Crippen MR) is 113 cm³/mol. The lowest BCUT2D eigenvalue weighted by Gasteiger charge is -2.26. The van der Waals surface area contributed by atoms with Crippen molar-refractivity contribution in [2.75, 3.05) is 45.7 Å². The van der Waals surface area contributed by atoms with Gasteiger partial charge in [-0.25, -0.2) is 0 Å². The van der Waals surface area contributed by atoms with Gasteiger partial charge in [0.15, 0.2) is 0 Å². The third kappa shape index (κ3) is 4.98. The molecule has 28 heavy (non-hydrogen) atoms. The van der Waals surface area contributed by atoms with Crippen molar-refractivity contribution in [3.63, 3.8) is 0 Å². The van der Waals surface area contributed by atoms with Crippen molar-refractivity contribution in [3.8, 4) is 11.5 Å². The van der Waals surface area contributed by atoms with Gasteiger partial charge in [-0.3, -0.25) is 4.79 Å². The molecule has 150 valence electrons. The number of rotatable bonds is 9. The Hall–Kier alpha value is -2.22. The number of amides is 1. The summed E-state index contributed by atoms with van der Waals surface area (Å²) in [5.74, 6) is 1.37. The van der Waals surface area contributed by atoms with Gasteiger partial charge in [0.25, 0.3) is 0 Å². The zero-order valence-corrected chi connectivity index (χ0v) is 17.1. The molecular weight excluding hydrogens is 374 g/mol. The molecular formula is C21H27N3O3S. The molecule has 0 spiro atoms. The molecule has 0 bridgehead atoms. The van der Waals surface area contributed by atoms with Crippen LogP contribution in [0.15, 0.2) is 47.4 Å². The van der Waals surface area contributed by atoms with Crippen molar-refractivity contribution in [1.29, 1.82) is 0 Å². The van der Waals surface area contributed by atoms with E-state index in [-0.39, 0.29) is 11.2 Å². The fourth-order valence-corrected chi connectivity index (χ4v) is 4.23. The topological polar surface area (TPSA) is 76.8 Å². The van der Waals surface area contributed by atoms with E-state index in [2.05, 4.69) is 10.2 Å². The smallest absolute Gasteiger partial charge is 0.242 e. The molecule has 0 aliphatic carbocycles. The van der Waals surface area contributed by atoms with Gasteiger partial charge in [-0.2, -0.15) is 0 Å². The Kier molecular flexibility index (Phi) is 7.19. The quantitative estimate of drug-likeness (QED) is 0.629. The minimum absolute atomic E-state index is 0.0514. The first kappa shape index (κ1) is 20.5. The maximum absolute atomic E-state index is 12.8. The van der Waals surface area contributed by atoms with Crippen molar-refractivity contribution in [3.05, 3.63) is 48.0 Å². The maximum atomic E-state index is 12.8. The number of benzene rings is 2. The highest BCUT2D eigenvalue weighted by Gasteiger charge is 2.31. The largest absolute Gasteiger partial charge is 0.497 e. The Morgan fingerprint density at radius 3 is 2.82 bits per heavy atom. The third-order valence-corrected chi connectivity index (χ3v) is 5.89. The Labute approximate surface area is 170 Å². The summed E-state index contributed by atoms with van der Waals surface area (Å²) in [6.45, 7) is 3.00. The Morgan fingerprint density at radius 2 is 2.04 bits per heavy atom. The molecule has 6 nitrogen and oxygen atoms in total. The van der Waals surface area contributed by atoms with Crippen molar-refractivity contribution in [2.24, 2.45) is 5.73 Å². The summed E-state index contributed by atoms with van der Waals surface area (Å²) in [5.41, 5.74) is 7.25. The van der Waals surface area contributed by atoms with Gasteiger partial charge in [0, 0.05) is 30.1 Å². The second-order valence-electron chi connectivity index (χ2n) is 6.68. The molecule has 1 unspecified atom stereocenters. The summed E-state index contributed by atoms with van der Waals surface area (Å²) in [6, 6.07) is 13.5. The van der Waals surface area contributed by atoms with E-state index < -0.39 is 0 Å². The molecule has 3 rings (SSSR count). The molecule has 0 aromatic heterocycles. The number of nitrogens with zero attached hydrogens (tertiary/aromatic N) is 1. The van der Waals surface area contributed by atoms with Crippen LogP contribution in [0.3, 0.4) is 0 Å². The molecule has 3 N–H and O–H groups in total. The SMILES string of the molecule is COc1ccc(OCCCN(C)CCN)c(C2Sc3ccccc3NC2=O)c1. The van der Waals surface area contributed by atoms with Gasteiger partial charge >= 0.3 is 0 Å². The molecule has 0 radical (unpaired) electrons. The number of likely N-dealkylation sites (N-methyl/N-ethyl adjacent to an activating group) is 1. The predicted octanol–water partition coefficient (Wildman–Crippen LogP) is 3.14. The number of hydrogen-bond donors (Lipinski definition) is 2. The van der Waals surface area contributed by atoms with Crippen LogP contribution in [0.2, 0.25) is 0 Å². The van der Waals surface area contributed by atoms with Crippen LogP contribution in [0.4, 0.5) is 5.69 Å². The van der Waals surface area contributed by atoms with Crippen molar-refractivity contribution in [2.45, 2.75) is 16.6 Å². The minimum Gasteiger partial charge on any atom is -0.497 e. The highest BCUT2D eigenvalue weighted by Crippen LogP contribution is 2.46. The molecule has 1 amide bonds. The van der Waals surface area contributed by atoms with Gasteiger partial charge in [-0.1, -0.05) is 12.1 Å². The molecule has 1 aliphatic rings. The molecule has 0 saturated carbocycles. The molecule has 1 heterocycles. The highest BCUT2D eigenvalue weighted by molar-refractivity contribution is 8.00. The summed E-state index contributed by atoms with van der Waals surface area (Å²) in [7, 11) is 3.67. The molecule has 0 fully saturated rings. The van der Waals surface area contributed by atoms with E-state index in [1.165, 1.54) is 11.8 Å². The second-order valence-corrected chi connectivity index (χ2v) is 7.83. The zero-order valence-electron chi connectivity index (χ0n) is 16.3. The number of carbonyl (C=O) groups is 1. The Bertz CT molecular complexity index is 815. The number of para-hydroxylation sites is 1. The van der Waals surface area contributed by atoms with E-state index in [0.29, 0.717) is 24.7 Å². The van der Waals surface area contributed by atoms with E-state index >= 15 is 0 Å². The summed E-state index contributed by atoms with van der Waals surface area (Å²) < 4.78 is 11.4. The number of ether oxygens (including phenoxy) is 2. The maximum Gasteiger partial charge on any atom is 0.242 e.